The van der Waals surface area contributed by atoms with Crippen molar-refractivity contribution in [2.75, 3.05) is 12.0 Å². The smallest absolute Gasteiger partial charge is 0.131 e. The third-order valence-electron chi connectivity index (χ3n) is 2.65. The minimum atomic E-state index is -0.670. The van der Waals surface area contributed by atoms with Gasteiger partial charge in [-0.05, 0) is 37.5 Å². The fourth-order valence-corrected chi connectivity index (χ4v) is 2.10. The first-order valence-electron chi connectivity index (χ1n) is 5.68. The van der Waals surface area contributed by atoms with Crippen molar-refractivity contribution in [3.05, 3.63) is 34.9 Å². The Bertz CT molecular complexity index is 420. The lowest BCUT2D eigenvalue weighted by Crippen LogP contribution is -2.27. The van der Waals surface area contributed by atoms with Crippen molar-refractivity contribution in [3.63, 3.8) is 0 Å². The predicted molar refractivity (Wildman–Crippen MR) is 70.4 cm³/mol. The van der Waals surface area contributed by atoms with Crippen LogP contribution in [0.4, 0.5) is 8.78 Å². The molecule has 0 aliphatic rings. The number of nitrogens with zero attached hydrogens (tertiary/aromatic N) is 1. The molecular formula is C13H16F2N2S. The van der Waals surface area contributed by atoms with Crippen LogP contribution in [0.5, 0.6) is 0 Å². The van der Waals surface area contributed by atoms with E-state index in [2.05, 4.69) is 5.32 Å². The van der Waals surface area contributed by atoms with Gasteiger partial charge >= 0.3 is 0 Å². The number of hydrogen-bond donors (Lipinski definition) is 1. The number of rotatable bonds is 6. The van der Waals surface area contributed by atoms with Gasteiger partial charge < -0.3 is 5.32 Å². The van der Waals surface area contributed by atoms with Gasteiger partial charge in [0.15, 0.2) is 0 Å². The monoisotopic (exact) mass is 270 g/mol. The highest BCUT2D eigenvalue weighted by Crippen LogP contribution is 2.15. The van der Waals surface area contributed by atoms with Crippen molar-refractivity contribution in [1.29, 1.82) is 5.26 Å². The first kappa shape index (κ1) is 14.9. The quantitative estimate of drug-likeness (QED) is 0.863. The molecule has 18 heavy (non-hydrogen) atoms. The second-order valence-corrected chi connectivity index (χ2v) is 5.08. The van der Waals surface area contributed by atoms with Crippen LogP contribution in [0.3, 0.4) is 0 Å². The van der Waals surface area contributed by atoms with E-state index in [0.717, 1.165) is 24.3 Å². The van der Waals surface area contributed by atoms with Crippen LogP contribution in [0.25, 0.3) is 0 Å². The molecule has 0 amide bonds. The van der Waals surface area contributed by atoms with E-state index >= 15 is 0 Å². The first-order chi connectivity index (χ1) is 8.58. The fourth-order valence-electron chi connectivity index (χ4n) is 1.51. The summed E-state index contributed by atoms with van der Waals surface area (Å²) in [6.07, 6.45) is 2.97. The number of thioether (sulfide) groups is 1. The Morgan fingerprint density at radius 3 is 2.50 bits per heavy atom. The molecule has 98 valence electrons. The van der Waals surface area contributed by atoms with E-state index < -0.39 is 11.6 Å². The number of nitrogens with one attached hydrogen (secondary N) is 1. The third kappa shape index (κ3) is 4.28. The second-order valence-electron chi connectivity index (χ2n) is 4.09. The van der Waals surface area contributed by atoms with Crippen LogP contribution in [0, 0.1) is 23.0 Å². The molecule has 1 aromatic carbocycles. The van der Waals surface area contributed by atoms with Crippen molar-refractivity contribution in [1.82, 2.24) is 5.32 Å². The van der Waals surface area contributed by atoms with Gasteiger partial charge in [-0.25, -0.2) is 8.78 Å². The molecule has 0 radical (unpaired) electrons. The summed E-state index contributed by atoms with van der Waals surface area (Å²) in [5.41, 5.74) is -0.00539. The molecule has 1 atom stereocenters. The minimum absolute atomic E-state index is 0.00387. The SMILES string of the molecule is CSCCC(C)NCc1c(F)cc(C#N)cc1F. The molecule has 1 unspecified atom stereocenters. The minimum Gasteiger partial charge on any atom is -0.310 e. The molecule has 0 fully saturated rings. The van der Waals surface area contributed by atoms with Gasteiger partial charge in [0.2, 0.25) is 0 Å². The lowest BCUT2D eigenvalue weighted by Gasteiger charge is -2.14. The lowest BCUT2D eigenvalue weighted by molar-refractivity contribution is 0.494. The zero-order valence-electron chi connectivity index (χ0n) is 10.5. The van der Waals surface area contributed by atoms with Gasteiger partial charge in [-0.3, -0.25) is 0 Å². The average molecular weight is 270 g/mol. The second kappa shape index (κ2) is 7.34. The average Bonchev–Trinajstić information content (AvgIpc) is 2.34. The van der Waals surface area contributed by atoms with Crippen molar-refractivity contribution in [3.8, 4) is 6.07 Å². The predicted octanol–water partition coefficient (Wildman–Crippen LogP) is 3.07. The van der Waals surface area contributed by atoms with Gasteiger partial charge in [0.05, 0.1) is 11.6 Å². The van der Waals surface area contributed by atoms with E-state index in [1.807, 2.05) is 13.2 Å². The molecule has 0 aliphatic carbocycles. The number of halogens is 2. The maximum absolute atomic E-state index is 13.6. The highest BCUT2D eigenvalue weighted by molar-refractivity contribution is 7.98. The molecule has 0 saturated heterocycles. The largest absolute Gasteiger partial charge is 0.310 e. The van der Waals surface area contributed by atoms with E-state index in [1.165, 1.54) is 0 Å². The third-order valence-corrected chi connectivity index (χ3v) is 3.30. The topological polar surface area (TPSA) is 35.8 Å². The summed E-state index contributed by atoms with van der Waals surface area (Å²) >= 11 is 1.74. The molecule has 1 N–H and O–H groups in total. The van der Waals surface area contributed by atoms with E-state index in [-0.39, 0.29) is 23.7 Å². The highest BCUT2D eigenvalue weighted by Gasteiger charge is 2.12. The summed E-state index contributed by atoms with van der Waals surface area (Å²) in [7, 11) is 0. The molecule has 1 rings (SSSR count). The van der Waals surface area contributed by atoms with E-state index in [4.69, 9.17) is 5.26 Å². The maximum Gasteiger partial charge on any atom is 0.131 e. The summed E-state index contributed by atoms with van der Waals surface area (Å²) in [5.74, 6) is -0.334. The van der Waals surface area contributed by atoms with Gasteiger partial charge in [-0.1, -0.05) is 0 Å². The highest BCUT2D eigenvalue weighted by atomic mass is 32.2. The summed E-state index contributed by atoms with van der Waals surface area (Å²) < 4.78 is 27.1. The van der Waals surface area contributed by atoms with Crippen LogP contribution in [0.1, 0.15) is 24.5 Å². The molecule has 0 saturated carbocycles. The standard InChI is InChI=1S/C13H16F2N2S/c1-9(3-4-18-2)17-8-11-12(14)5-10(7-16)6-13(11)15/h5-6,9,17H,3-4,8H2,1-2H3. The Hall–Kier alpha value is -1.12. The Balaban J connectivity index is 2.65. The summed E-state index contributed by atoms with van der Waals surface area (Å²) in [6, 6.07) is 4.05. The lowest BCUT2D eigenvalue weighted by atomic mass is 10.1. The Labute approximate surface area is 110 Å². The van der Waals surface area contributed by atoms with Crippen molar-refractivity contribution in [2.45, 2.75) is 25.9 Å². The summed E-state index contributed by atoms with van der Waals surface area (Å²) in [6.45, 7) is 2.12. The van der Waals surface area contributed by atoms with E-state index in [1.54, 1.807) is 17.8 Å². The number of benzene rings is 1. The molecule has 5 heteroatoms. The van der Waals surface area contributed by atoms with Crippen molar-refractivity contribution < 1.29 is 8.78 Å². The fraction of sp³-hybridized carbons (Fsp3) is 0.462. The molecule has 0 aliphatic heterocycles. The molecule has 2 nitrogen and oxygen atoms in total. The molecular weight excluding hydrogens is 254 g/mol. The van der Waals surface area contributed by atoms with Gasteiger partial charge in [-0.15, -0.1) is 0 Å². The van der Waals surface area contributed by atoms with Crippen LogP contribution in [-0.4, -0.2) is 18.1 Å². The van der Waals surface area contributed by atoms with Gasteiger partial charge in [-0.2, -0.15) is 17.0 Å². The van der Waals surface area contributed by atoms with Crippen LogP contribution >= 0.6 is 11.8 Å². The maximum atomic E-state index is 13.6. The Morgan fingerprint density at radius 2 is 2.00 bits per heavy atom. The normalized spacial score (nSPS) is 12.2. The molecule has 1 aromatic rings. The molecule has 0 heterocycles. The molecule has 0 aromatic heterocycles. The number of hydrogen-bond acceptors (Lipinski definition) is 3. The van der Waals surface area contributed by atoms with Crippen LogP contribution in [0.2, 0.25) is 0 Å². The van der Waals surface area contributed by atoms with Crippen molar-refractivity contribution in [2.24, 2.45) is 0 Å². The van der Waals surface area contributed by atoms with Crippen LogP contribution in [0.15, 0.2) is 12.1 Å². The van der Waals surface area contributed by atoms with Crippen molar-refractivity contribution >= 4 is 11.8 Å². The zero-order chi connectivity index (χ0) is 13.5. The number of nitriles is 1. The zero-order valence-corrected chi connectivity index (χ0v) is 11.3. The summed E-state index contributed by atoms with van der Waals surface area (Å²) in [5, 5.41) is 11.7. The Morgan fingerprint density at radius 1 is 1.39 bits per heavy atom. The first-order valence-corrected chi connectivity index (χ1v) is 7.08. The van der Waals surface area contributed by atoms with Crippen LogP contribution < -0.4 is 5.32 Å². The van der Waals surface area contributed by atoms with Gasteiger partial charge in [0, 0.05) is 18.2 Å². The molecule has 0 bridgehead atoms. The van der Waals surface area contributed by atoms with Crippen LogP contribution in [-0.2, 0) is 6.54 Å². The summed E-state index contributed by atoms with van der Waals surface area (Å²) in [4.78, 5) is 0. The molecule has 0 spiro atoms. The van der Waals surface area contributed by atoms with Gasteiger partial charge in [0.1, 0.15) is 11.6 Å². The van der Waals surface area contributed by atoms with E-state index in [9.17, 15) is 8.78 Å². The van der Waals surface area contributed by atoms with E-state index in [0.29, 0.717) is 0 Å². The Kier molecular flexibility index (Phi) is 6.10. The van der Waals surface area contributed by atoms with Gasteiger partial charge in [0.25, 0.3) is 0 Å².